The molecular formula is C10H12O3S. The van der Waals surface area contributed by atoms with Crippen molar-refractivity contribution in [1.82, 2.24) is 0 Å². The standard InChI is InChI=1S/C10H12O3S/c1-12-10(11)8-2-4-9(5-3-8)13-6-7-14/h2-5,14H,6-7H2,1H3. The van der Waals surface area contributed by atoms with Gasteiger partial charge in [0.05, 0.1) is 19.3 Å². The summed E-state index contributed by atoms with van der Waals surface area (Å²) in [5, 5.41) is 0. The van der Waals surface area contributed by atoms with E-state index in [1.807, 2.05) is 0 Å². The number of carbonyl (C=O) groups excluding carboxylic acids is 1. The second-order valence-electron chi connectivity index (χ2n) is 2.59. The molecule has 0 N–H and O–H groups in total. The van der Waals surface area contributed by atoms with Crippen molar-refractivity contribution in [2.45, 2.75) is 0 Å². The van der Waals surface area contributed by atoms with E-state index in [-0.39, 0.29) is 5.97 Å². The first-order valence-corrected chi connectivity index (χ1v) is 4.83. The second-order valence-corrected chi connectivity index (χ2v) is 3.04. The smallest absolute Gasteiger partial charge is 0.337 e. The number of methoxy groups -OCH3 is 1. The zero-order chi connectivity index (χ0) is 10.4. The van der Waals surface area contributed by atoms with Gasteiger partial charge in [0, 0.05) is 5.75 Å². The molecular weight excluding hydrogens is 200 g/mol. The highest BCUT2D eigenvalue weighted by Gasteiger charge is 2.03. The van der Waals surface area contributed by atoms with Crippen LogP contribution in [0, 0.1) is 0 Å². The van der Waals surface area contributed by atoms with Crippen LogP contribution >= 0.6 is 12.6 Å². The molecule has 0 aliphatic heterocycles. The molecule has 0 aromatic heterocycles. The van der Waals surface area contributed by atoms with E-state index < -0.39 is 0 Å². The fourth-order valence-electron chi connectivity index (χ4n) is 0.969. The maximum Gasteiger partial charge on any atom is 0.337 e. The summed E-state index contributed by atoms with van der Waals surface area (Å²) in [7, 11) is 1.35. The van der Waals surface area contributed by atoms with Crippen LogP contribution in [0.4, 0.5) is 0 Å². The Kier molecular flexibility index (Phi) is 4.32. The van der Waals surface area contributed by atoms with E-state index in [1.165, 1.54) is 7.11 Å². The number of ether oxygens (including phenoxy) is 2. The predicted octanol–water partition coefficient (Wildman–Crippen LogP) is 1.78. The molecule has 76 valence electrons. The van der Waals surface area contributed by atoms with Crippen LogP contribution in [0.2, 0.25) is 0 Å². The molecule has 0 saturated carbocycles. The molecule has 14 heavy (non-hydrogen) atoms. The number of esters is 1. The highest BCUT2D eigenvalue weighted by molar-refractivity contribution is 7.80. The van der Waals surface area contributed by atoms with Crippen molar-refractivity contribution in [3.05, 3.63) is 29.8 Å². The lowest BCUT2D eigenvalue weighted by atomic mass is 10.2. The largest absolute Gasteiger partial charge is 0.493 e. The topological polar surface area (TPSA) is 35.5 Å². The third-order valence-electron chi connectivity index (χ3n) is 1.64. The first-order chi connectivity index (χ1) is 6.77. The lowest BCUT2D eigenvalue weighted by Crippen LogP contribution is -2.02. The van der Waals surface area contributed by atoms with Crippen molar-refractivity contribution in [3.63, 3.8) is 0 Å². The fraction of sp³-hybridized carbons (Fsp3) is 0.300. The molecule has 0 spiro atoms. The molecule has 0 unspecified atom stereocenters. The van der Waals surface area contributed by atoms with Crippen LogP contribution in [0.1, 0.15) is 10.4 Å². The van der Waals surface area contributed by atoms with Crippen molar-refractivity contribution in [2.75, 3.05) is 19.5 Å². The molecule has 0 heterocycles. The van der Waals surface area contributed by atoms with Gasteiger partial charge in [-0.3, -0.25) is 0 Å². The normalized spacial score (nSPS) is 9.57. The summed E-state index contributed by atoms with van der Waals surface area (Å²) in [6, 6.07) is 6.80. The Hall–Kier alpha value is -1.16. The van der Waals surface area contributed by atoms with Gasteiger partial charge >= 0.3 is 5.97 Å². The van der Waals surface area contributed by atoms with E-state index in [9.17, 15) is 4.79 Å². The van der Waals surface area contributed by atoms with Gasteiger partial charge in [-0.05, 0) is 24.3 Å². The van der Waals surface area contributed by atoms with Crippen molar-refractivity contribution in [1.29, 1.82) is 0 Å². The van der Waals surface area contributed by atoms with Gasteiger partial charge in [-0.2, -0.15) is 12.6 Å². The number of hydrogen-bond acceptors (Lipinski definition) is 4. The number of thiol groups is 1. The van der Waals surface area contributed by atoms with E-state index in [4.69, 9.17) is 4.74 Å². The Balaban J connectivity index is 2.63. The highest BCUT2D eigenvalue weighted by Crippen LogP contribution is 2.12. The molecule has 1 aromatic rings. The van der Waals surface area contributed by atoms with Gasteiger partial charge in [-0.1, -0.05) is 0 Å². The van der Waals surface area contributed by atoms with Gasteiger partial charge in [0.1, 0.15) is 5.75 Å². The maximum absolute atomic E-state index is 11.1. The third kappa shape index (κ3) is 2.96. The first-order valence-electron chi connectivity index (χ1n) is 4.20. The molecule has 3 nitrogen and oxygen atoms in total. The lowest BCUT2D eigenvalue weighted by molar-refractivity contribution is 0.0600. The summed E-state index contributed by atoms with van der Waals surface area (Å²) in [5.41, 5.74) is 0.519. The van der Waals surface area contributed by atoms with Crippen molar-refractivity contribution in [3.8, 4) is 5.75 Å². The summed E-state index contributed by atoms with van der Waals surface area (Å²) in [5.74, 6) is 1.05. The van der Waals surface area contributed by atoms with Crippen LogP contribution in [0.5, 0.6) is 5.75 Å². The van der Waals surface area contributed by atoms with Gasteiger partial charge in [-0.15, -0.1) is 0 Å². The van der Waals surface area contributed by atoms with Crippen molar-refractivity contribution < 1.29 is 14.3 Å². The Labute approximate surface area is 88.4 Å². The molecule has 0 fully saturated rings. The first kappa shape index (κ1) is 10.9. The maximum atomic E-state index is 11.1. The Bertz CT molecular complexity index is 295. The zero-order valence-corrected chi connectivity index (χ0v) is 8.79. The van der Waals surface area contributed by atoms with Crippen LogP contribution in [-0.4, -0.2) is 25.4 Å². The van der Waals surface area contributed by atoms with Gasteiger partial charge in [0.2, 0.25) is 0 Å². The monoisotopic (exact) mass is 212 g/mol. The molecule has 0 aliphatic carbocycles. The average Bonchev–Trinajstić information content (AvgIpc) is 2.26. The average molecular weight is 212 g/mol. The molecule has 0 bridgehead atoms. The molecule has 1 rings (SSSR count). The predicted molar refractivity (Wildman–Crippen MR) is 57.1 cm³/mol. The SMILES string of the molecule is COC(=O)c1ccc(OCCS)cc1. The number of benzene rings is 1. The molecule has 4 heteroatoms. The molecule has 0 saturated heterocycles. The van der Waals surface area contributed by atoms with Gasteiger partial charge in [0.25, 0.3) is 0 Å². The summed E-state index contributed by atoms with van der Waals surface area (Å²) in [6.45, 7) is 0.556. The molecule has 0 radical (unpaired) electrons. The van der Waals surface area contributed by atoms with E-state index >= 15 is 0 Å². The van der Waals surface area contributed by atoms with Crippen LogP contribution in [0.25, 0.3) is 0 Å². The number of hydrogen-bond donors (Lipinski definition) is 1. The fourth-order valence-corrected chi connectivity index (χ4v) is 1.06. The van der Waals surface area contributed by atoms with Crippen LogP contribution in [-0.2, 0) is 4.74 Å². The lowest BCUT2D eigenvalue weighted by Gasteiger charge is -2.04. The van der Waals surface area contributed by atoms with Crippen LogP contribution < -0.4 is 4.74 Å². The summed E-state index contributed by atoms with van der Waals surface area (Å²) < 4.78 is 9.86. The number of carbonyl (C=O) groups is 1. The Morgan fingerprint density at radius 3 is 2.50 bits per heavy atom. The summed E-state index contributed by atoms with van der Waals surface area (Å²) in [4.78, 5) is 11.1. The van der Waals surface area contributed by atoms with E-state index in [1.54, 1.807) is 24.3 Å². The molecule has 1 aromatic carbocycles. The molecule has 0 atom stereocenters. The van der Waals surface area contributed by atoms with E-state index in [0.29, 0.717) is 17.9 Å². The number of rotatable bonds is 4. The minimum absolute atomic E-state index is 0.342. The summed E-state index contributed by atoms with van der Waals surface area (Å²) >= 11 is 4.02. The third-order valence-corrected chi connectivity index (χ3v) is 1.82. The van der Waals surface area contributed by atoms with Crippen molar-refractivity contribution >= 4 is 18.6 Å². The van der Waals surface area contributed by atoms with Gasteiger partial charge < -0.3 is 9.47 Å². The second kappa shape index (κ2) is 5.54. The van der Waals surface area contributed by atoms with E-state index in [0.717, 1.165) is 5.75 Å². The van der Waals surface area contributed by atoms with Crippen LogP contribution in [0.15, 0.2) is 24.3 Å². The quantitative estimate of drug-likeness (QED) is 0.610. The summed E-state index contributed by atoms with van der Waals surface area (Å²) in [6.07, 6.45) is 0. The zero-order valence-electron chi connectivity index (χ0n) is 7.90. The van der Waals surface area contributed by atoms with Gasteiger partial charge in [0.15, 0.2) is 0 Å². The minimum atomic E-state index is -0.342. The van der Waals surface area contributed by atoms with Gasteiger partial charge in [-0.25, -0.2) is 4.79 Å². The van der Waals surface area contributed by atoms with Crippen molar-refractivity contribution in [2.24, 2.45) is 0 Å². The Morgan fingerprint density at radius 1 is 1.36 bits per heavy atom. The van der Waals surface area contributed by atoms with Crippen LogP contribution in [0.3, 0.4) is 0 Å². The minimum Gasteiger partial charge on any atom is -0.493 e. The Morgan fingerprint density at radius 2 is 2.00 bits per heavy atom. The molecule has 0 aliphatic rings. The van der Waals surface area contributed by atoms with E-state index in [2.05, 4.69) is 17.4 Å². The molecule has 0 amide bonds. The highest BCUT2D eigenvalue weighted by atomic mass is 32.1.